The van der Waals surface area contributed by atoms with Crippen LogP contribution in [0.2, 0.25) is 0 Å². The van der Waals surface area contributed by atoms with E-state index in [0.29, 0.717) is 13.0 Å². The fourth-order valence-electron chi connectivity index (χ4n) is 1.60. The van der Waals surface area contributed by atoms with Gasteiger partial charge in [-0.15, -0.1) is 0 Å². The zero-order chi connectivity index (χ0) is 10.2. The zero-order valence-electron chi connectivity index (χ0n) is 7.60. The second-order valence-corrected chi connectivity index (χ2v) is 5.46. The molecule has 1 heterocycles. The van der Waals surface area contributed by atoms with Crippen molar-refractivity contribution >= 4 is 16.0 Å². The second-order valence-electron chi connectivity index (χ2n) is 3.53. The maximum Gasteiger partial charge on any atom is 0.322 e. The molecule has 0 aliphatic carbocycles. The molecule has 0 aromatic carbocycles. The molecule has 6 heteroatoms. The first-order valence-electron chi connectivity index (χ1n) is 4.02. The zero-order valence-corrected chi connectivity index (χ0v) is 8.41. The molecule has 0 radical (unpaired) electrons. The number of aliphatic carboxylic acids is 1. The molecule has 2 unspecified atom stereocenters. The standard InChI is InChI=1S/C7H13NO4S/c1-5-3-6(7(9)10)8(4-5)13(2,11)12/h5-6H,3-4H2,1-2H3,(H,9,10). The van der Waals surface area contributed by atoms with E-state index < -0.39 is 22.0 Å². The third kappa shape index (κ3) is 2.19. The number of rotatable bonds is 2. The van der Waals surface area contributed by atoms with Gasteiger partial charge in [-0.1, -0.05) is 6.92 Å². The lowest BCUT2D eigenvalue weighted by molar-refractivity contribution is -0.140. The van der Waals surface area contributed by atoms with E-state index in [4.69, 9.17) is 5.11 Å². The summed E-state index contributed by atoms with van der Waals surface area (Å²) in [6, 6.07) is -0.870. The molecule has 0 spiro atoms. The molecule has 1 aliphatic rings. The average Bonchev–Trinajstić information content (AvgIpc) is 2.29. The van der Waals surface area contributed by atoms with Gasteiger partial charge in [0.15, 0.2) is 0 Å². The van der Waals surface area contributed by atoms with Crippen LogP contribution in [0.4, 0.5) is 0 Å². The summed E-state index contributed by atoms with van der Waals surface area (Å²) in [5, 5.41) is 8.76. The highest BCUT2D eigenvalue weighted by Crippen LogP contribution is 2.25. The molecule has 13 heavy (non-hydrogen) atoms. The molecule has 0 aromatic rings. The van der Waals surface area contributed by atoms with Crippen LogP contribution in [0, 0.1) is 5.92 Å². The number of sulfonamides is 1. The molecule has 1 N–H and O–H groups in total. The fourth-order valence-corrected chi connectivity index (χ4v) is 2.76. The van der Waals surface area contributed by atoms with E-state index in [-0.39, 0.29) is 5.92 Å². The first kappa shape index (κ1) is 10.5. The highest BCUT2D eigenvalue weighted by Gasteiger charge is 2.39. The van der Waals surface area contributed by atoms with Gasteiger partial charge in [0, 0.05) is 6.54 Å². The summed E-state index contributed by atoms with van der Waals surface area (Å²) in [6.45, 7) is 2.16. The lowest BCUT2D eigenvalue weighted by Crippen LogP contribution is -2.39. The van der Waals surface area contributed by atoms with E-state index in [2.05, 4.69) is 0 Å². The minimum absolute atomic E-state index is 0.121. The maximum atomic E-state index is 11.2. The minimum atomic E-state index is -3.38. The Bertz CT molecular complexity index is 310. The first-order valence-corrected chi connectivity index (χ1v) is 5.87. The van der Waals surface area contributed by atoms with Gasteiger partial charge in [-0.2, -0.15) is 4.31 Å². The van der Waals surface area contributed by atoms with Crippen LogP contribution in [-0.2, 0) is 14.8 Å². The molecule has 0 saturated carbocycles. The van der Waals surface area contributed by atoms with Gasteiger partial charge in [-0.3, -0.25) is 4.79 Å². The SMILES string of the molecule is CC1CC(C(=O)O)N(S(C)(=O)=O)C1. The van der Waals surface area contributed by atoms with Gasteiger partial charge >= 0.3 is 5.97 Å². The average molecular weight is 207 g/mol. The molecular formula is C7H13NO4S. The van der Waals surface area contributed by atoms with Gasteiger partial charge in [0.1, 0.15) is 6.04 Å². The third-order valence-corrected chi connectivity index (χ3v) is 3.43. The van der Waals surface area contributed by atoms with Gasteiger partial charge in [0.05, 0.1) is 6.26 Å². The van der Waals surface area contributed by atoms with Gasteiger partial charge in [-0.05, 0) is 12.3 Å². The highest BCUT2D eigenvalue weighted by molar-refractivity contribution is 7.88. The number of carbonyl (C=O) groups is 1. The molecule has 76 valence electrons. The third-order valence-electron chi connectivity index (χ3n) is 2.18. The van der Waals surface area contributed by atoms with Crippen molar-refractivity contribution in [2.75, 3.05) is 12.8 Å². The Labute approximate surface area is 77.4 Å². The molecular weight excluding hydrogens is 194 g/mol. The number of carboxylic acids is 1. The highest BCUT2D eigenvalue weighted by atomic mass is 32.2. The summed E-state index contributed by atoms with van der Waals surface area (Å²) in [5.41, 5.74) is 0. The molecule has 1 aliphatic heterocycles. The van der Waals surface area contributed by atoms with E-state index >= 15 is 0 Å². The van der Waals surface area contributed by atoms with Crippen LogP contribution in [0.5, 0.6) is 0 Å². The van der Waals surface area contributed by atoms with Crippen molar-refractivity contribution in [1.29, 1.82) is 0 Å². The van der Waals surface area contributed by atoms with Crippen molar-refractivity contribution in [3.8, 4) is 0 Å². The summed E-state index contributed by atoms with van der Waals surface area (Å²) in [6.07, 6.45) is 1.45. The maximum absolute atomic E-state index is 11.2. The summed E-state index contributed by atoms with van der Waals surface area (Å²) in [4.78, 5) is 10.7. The largest absolute Gasteiger partial charge is 0.480 e. The van der Waals surface area contributed by atoms with Gasteiger partial charge < -0.3 is 5.11 Å². The number of nitrogens with zero attached hydrogens (tertiary/aromatic N) is 1. The van der Waals surface area contributed by atoms with E-state index in [9.17, 15) is 13.2 Å². The quantitative estimate of drug-likeness (QED) is 0.677. The number of hydrogen-bond acceptors (Lipinski definition) is 3. The monoisotopic (exact) mass is 207 g/mol. The van der Waals surface area contributed by atoms with Crippen LogP contribution in [-0.4, -0.2) is 42.6 Å². The Balaban J connectivity index is 2.91. The van der Waals surface area contributed by atoms with Crippen molar-refractivity contribution in [1.82, 2.24) is 4.31 Å². The molecule has 1 fully saturated rings. The smallest absolute Gasteiger partial charge is 0.322 e. The molecule has 1 saturated heterocycles. The lowest BCUT2D eigenvalue weighted by Gasteiger charge is -2.17. The Morgan fingerprint density at radius 2 is 2.08 bits per heavy atom. The molecule has 1 rings (SSSR count). The minimum Gasteiger partial charge on any atom is -0.480 e. The molecule has 5 nitrogen and oxygen atoms in total. The van der Waals surface area contributed by atoms with Crippen LogP contribution in [0.15, 0.2) is 0 Å². The molecule has 0 aromatic heterocycles. The van der Waals surface area contributed by atoms with Crippen LogP contribution in [0.3, 0.4) is 0 Å². The van der Waals surface area contributed by atoms with Crippen LogP contribution in [0.1, 0.15) is 13.3 Å². The van der Waals surface area contributed by atoms with Crippen molar-refractivity contribution in [2.24, 2.45) is 5.92 Å². The lowest BCUT2D eigenvalue weighted by atomic mass is 10.1. The van der Waals surface area contributed by atoms with Crippen molar-refractivity contribution in [3.63, 3.8) is 0 Å². The van der Waals surface area contributed by atoms with E-state index in [0.717, 1.165) is 10.6 Å². The normalized spacial score (nSPS) is 30.6. The second kappa shape index (κ2) is 3.26. The van der Waals surface area contributed by atoms with Gasteiger partial charge in [0.25, 0.3) is 0 Å². The number of hydrogen-bond donors (Lipinski definition) is 1. The Morgan fingerprint density at radius 3 is 2.38 bits per heavy atom. The van der Waals surface area contributed by atoms with E-state index in [1.54, 1.807) is 0 Å². The van der Waals surface area contributed by atoms with Crippen LogP contribution < -0.4 is 0 Å². The summed E-state index contributed by atoms with van der Waals surface area (Å²) in [5.74, 6) is -0.939. The van der Waals surface area contributed by atoms with Crippen LogP contribution in [0.25, 0.3) is 0 Å². The predicted octanol–water partition coefficient (Wildman–Crippen LogP) is -0.259. The fraction of sp³-hybridized carbons (Fsp3) is 0.857. The Hall–Kier alpha value is -0.620. The van der Waals surface area contributed by atoms with Crippen LogP contribution >= 0.6 is 0 Å². The molecule has 2 atom stereocenters. The van der Waals surface area contributed by atoms with E-state index in [1.807, 2.05) is 6.92 Å². The molecule has 0 bridgehead atoms. The summed E-state index contributed by atoms with van der Waals surface area (Å²) < 4.78 is 23.4. The van der Waals surface area contributed by atoms with Crippen molar-refractivity contribution in [3.05, 3.63) is 0 Å². The topological polar surface area (TPSA) is 74.7 Å². The number of carboxylic acid groups (broad SMARTS) is 1. The van der Waals surface area contributed by atoms with Crippen molar-refractivity contribution < 1.29 is 18.3 Å². The van der Waals surface area contributed by atoms with Gasteiger partial charge in [0.2, 0.25) is 10.0 Å². The first-order chi connectivity index (χ1) is 5.82. The Kier molecular flexibility index (Phi) is 2.63. The predicted molar refractivity (Wildman–Crippen MR) is 46.8 cm³/mol. The van der Waals surface area contributed by atoms with Gasteiger partial charge in [-0.25, -0.2) is 8.42 Å². The van der Waals surface area contributed by atoms with E-state index in [1.165, 1.54) is 0 Å². The summed E-state index contributed by atoms with van der Waals surface area (Å²) >= 11 is 0. The Morgan fingerprint density at radius 1 is 1.54 bits per heavy atom. The van der Waals surface area contributed by atoms with Crippen molar-refractivity contribution in [2.45, 2.75) is 19.4 Å². The molecule has 0 amide bonds. The summed E-state index contributed by atoms with van der Waals surface area (Å²) in [7, 11) is -3.38.